The molecule has 1 aromatic carbocycles. The number of hydrogen-bond acceptors (Lipinski definition) is 6. The van der Waals surface area contributed by atoms with Crippen molar-refractivity contribution in [1.29, 1.82) is 0 Å². The summed E-state index contributed by atoms with van der Waals surface area (Å²) in [4.78, 5) is 11.2. The van der Waals surface area contributed by atoms with Crippen LogP contribution in [0.5, 0.6) is 11.5 Å². The average Bonchev–Trinajstić information content (AvgIpc) is 2.50. The smallest absolute Gasteiger partial charge is 0.322 e. The van der Waals surface area contributed by atoms with Crippen molar-refractivity contribution in [2.24, 2.45) is 5.73 Å². The van der Waals surface area contributed by atoms with Gasteiger partial charge in [-0.2, -0.15) is 11.8 Å². The van der Waals surface area contributed by atoms with Gasteiger partial charge in [0, 0.05) is 5.75 Å². The van der Waals surface area contributed by atoms with Crippen LogP contribution in [0.3, 0.4) is 0 Å². The molecule has 2 rings (SSSR count). The first-order valence-corrected chi connectivity index (χ1v) is 8.14. The Kier molecular flexibility index (Phi) is 6.02. The monoisotopic (exact) mass is 331 g/mol. The summed E-state index contributed by atoms with van der Waals surface area (Å²) in [5.74, 6) is 2.46. The highest BCUT2D eigenvalue weighted by molar-refractivity contribution is 7.98. The van der Waals surface area contributed by atoms with E-state index in [0.717, 1.165) is 17.1 Å². The van der Waals surface area contributed by atoms with Crippen molar-refractivity contribution in [2.45, 2.75) is 18.2 Å². The van der Waals surface area contributed by atoms with Gasteiger partial charge in [0.05, 0.1) is 12.1 Å². The lowest BCUT2D eigenvalue weighted by molar-refractivity contribution is -0.142. The minimum Gasteiger partial charge on any atom is -0.486 e. The second-order valence-corrected chi connectivity index (χ2v) is 6.09. The summed E-state index contributed by atoms with van der Waals surface area (Å²) in [5.41, 5.74) is 6.73. The number of hydrogen-bond donors (Lipinski definition) is 1. The molecular weight excluding hydrogens is 314 g/mol. The molecule has 1 heterocycles. The molecule has 2 N–H and O–H groups in total. The van der Waals surface area contributed by atoms with Crippen LogP contribution in [0.2, 0.25) is 5.02 Å². The van der Waals surface area contributed by atoms with E-state index >= 15 is 0 Å². The maximum atomic E-state index is 11.2. The molecule has 7 heteroatoms. The van der Waals surface area contributed by atoms with Gasteiger partial charge in [-0.25, -0.2) is 0 Å². The first kappa shape index (κ1) is 16.3. The highest BCUT2D eigenvalue weighted by atomic mass is 35.5. The molecule has 1 aliphatic heterocycles. The molecule has 1 aliphatic rings. The van der Waals surface area contributed by atoms with Crippen LogP contribution in [0, 0.1) is 0 Å². The van der Waals surface area contributed by atoms with Crippen molar-refractivity contribution >= 4 is 29.3 Å². The van der Waals surface area contributed by atoms with Crippen LogP contribution in [0.4, 0.5) is 0 Å². The van der Waals surface area contributed by atoms with E-state index < -0.39 is 6.04 Å². The van der Waals surface area contributed by atoms with Gasteiger partial charge in [-0.1, -0.05) is 11.6 Å². The Labute approximate surface area is 133 Å². The van der Waals surface area contributed by atoms with Crippen molar-refractivity contribution in [1.82, 2.24) is 0 Å². The Morgan fingerprint density at radius 1 is 1.48 bits per heavy atom. The largest absolute Gasteiger partial charge is 0.486 e. The van der Waals surface area contributed by atoms with Gasteiger partial charge in [0.1, 0.15) is 19.3 Å². The standard InChI is InChI=1S/C14H18ClNO4S/c1-18-14(17)11(16)2-5-21-8-9-6-10(15)13-12(7-9)19-3-4-20-13/h6-7,11H,2-5,8,16H2,1H3. The van der Waals surface area contributed by atoms with E-state index in [1.54, 1.807) is 11.8 Å². The van der Waals surface area contributed by atoms with Crippen molar-refractivity contribution < 1.29 is 19.0 Å². The number of carbonyl (C=O) groups excluding carboxylic acids is 1. The van der Waals surface area contributed by atoms with Crippen LogP contribution < -0.4 is 15.2 Å². The number of thioether (sulfide) groups is 1. The van der Waals surface area contributed by atoms with Crippen LogP contribution >= 0.6 is 23.4 Å². The van der Waals surface area contributed by atoms with Crippen molar-refractivity contribution in [2.75, 3.05) is 26.1 Å². The van der Waals surface area contributed by atoms with Crippen molar-refractivity contribution in [3.63, 3.8) is 0 Å². The first-order chi connectivity index (χ1) is 10.1. The fourth-order valence-corrected chi connectivity index (χ4v) is 3.17. The number of methoxy groups -OCH3 is 1. The Morgan fingerprint density at radius 2 is 2.24 bits per heavy atom. The summed E-state index contributed by atoms with van der Waals surface area (Å²) in [5, 5.41) is 0.564. The predicted octanol–water partition coefficient (Wildman–Crippen LogP) is 2.23. The number of benzene rings is 1. The summed E-state index contributed by atoms with van der Waals surface area (Å²) in [6, 6.07) is 3.25. The zero-order valence-corrected chi connectivity index (χ0v) is 13.3. The number of halogens is 1. The van der Waals surface area contributed by atoms with Crippen LogP contribution in [-0.4, -0.2) is 38.1 Å². The van der Waals surface area contributed by atoms with Gasteiger partial charge in [-0.15, -0.1) is 0 Å². The molecule has 0 aromatic heterocycles. The molecule has 0 saturated carbocycles. The third kappa shape index (κ3) is 4.43. The lowest BCUT2D eigenvalue weighted by Gasteiger charge is -2.20. The molecule has 1 atom stereocenters. The number of fused-ring (bicyclic) bond motifs is 1. The molecule has 1 unspecified atom stereocenters. The van der Waals surface area contributed by atoms with Crippen LogP contribution in [0.1, 0.15) is 12.0 Å². The molecule has 116 valence electrons. The van der Waals surface area contributed by atoms with Crippen molar-refractivity contribution in [3.05, 3.63) is 22.7 Å². The van der Waals surface area contributed by atoms with Gasteiger partial charge < -0.3 is 19.9 Å². The second-order valence-electron chi connectivity index (χ2n) is 4.57. The highest BCUT2D eigenvalue weighted by Crippen LogP contribution is 2.39. The maximum absolute atomic E-state index is 11.2. The van der Waals surface area contributed by atoms with Crippen molar-refractivity contribution in [3.8, 4) is 11.5 Å². The quantitative estimate of drug-likeness (QED) is 0.636. The van der Waals surface area contributed by atoms with E-state index in [2.05, 4.69) is 4.74 Å². The molecule has 21 heavy (non-hydrogen) atoms. The molecule has 0 fully saturated rings. The number of esters is 1. The van der Waals surface area contributed by atoms with Crippen LogP contribution in [-0.2, 0) is 15.3 Å². The van der Waals surface area contributed by atoms with Gasteiger partial charge in [0.15, 0.2) is 11.5 Å². The second kappa shape index (κ2) is 7.77. The summed E-state index contributed by atoms with van der Waals surface area (Å²) >= 11 is 7.85. The number of ether oxygens (including phenoxy) is 3. The van der Waals surface area contributed by atoms with E-state index in [-0.39, 0.29) is 5.97 Å². The summed E-state index contributed by atoms with van der Waals surface area (Å²) in [6.45, 7) is 1.06. The number of nitrogens with two attached hydrogens (primary N) is 1. The molecular formula is C14H18ClNO4S. The van der Waals surface area contributed by atoms with Crippen LogP contribution in [0.25, 0.3) is 0 Å². The lowest BCUT2D eigenvalue weighted by Crippen LogP contribution is -2.31. The van der Waals surface area contributed by atoms with Gasteiger partial charge in [-0.05, 0) is 29.9 Å². The Hall–Kier alpha value is -1.11. The zero-order valence-electron chi connectivity index (χ0n) is 11.8. The van der Waals surface area contributed by atoms with Gasteiger partial charge in [0.2, 0.25) is 0 Å². The van der Waals surface area contributed by atoms with Gasteiger partial charge >= 0.3 is 5.97 Å². The topological polar surface area (TPSA) is 70.8 Å². The number of rotatable bonds is 6. The summed E-state index contributed by atoms with van der Waals surface area (Å²) in [7, 11) is 1.34. The molecule has 0 saturated heterocycles. The molecule has 5 nitrogen and oxygen atoms in total. The Balaban J connectivity index is 1.84. The summed E-state index contributed by atoms with van der Waals surface area (Å²) in [6.07, 6.45) is 0.579. The Morgan fingerprint density at radius 3 is 3.00 bits per heavy atom. The van der Waals surface area contributed by atoms with Gasteiger partial charge in [0.25, 0.3) is 0 Å². The fraction of sp³-hybridized carbons (Fsp3) is 0.500. The minimum atomic E-state index is -0.564. The van der Waals surface area contributed by atoms with E-state index in [4.69, 9.17) is 26.8 Å². The normalized spacial score (nSPS) is 14.6. The zero-order chi connectivity index (χ0) is 15.2. The molecule has 0 aliphatic carbocycles. The van der Waals surface area contributed by atoms with E-state index in [9.17, 15) is 4.79 Å². The number of carbonyl (C=O) groups is 1. The van der Waals surface area contributed by atoms with E-state index in [0.29, 0.717) is 36.2 Å². The predicted molar refractivity (Wildman–Crippen MR) is 83.2 cm³/mol. The SMILES string of the molecule is COC(=O)C(N)CCSCc1cc(Cl)c2c(c1)OCCO2. The van der Waals surface area contributed by atoms with E-state index in [1.165, 1.54) is 7.11 Å². The molecule has 0 amide bonds. The molecule has 0 radical (unpaired) electrons. The molecule has 0 bridgehead atoms. The van der Waals surface area contributed by atoms with Crippen LogP contribution in [0.15, 0.2) is 12.1 Å². The summed E-state index contributed by atoms with van der Waals surface area (Å²) < 4.78 is 15.6. The minimum absolute atomic E-state index is 0.377. The lowest BCUT2D eigenvalue weighted by atomic mass is 10.2. The van der Waals surface area contributed by atoms with Gasteiger partial charge in [-0.3, -0.25) is 4.79 Å². The average molecular weight is 332 g/mol. The fourth-order valence-electron chi connectivity index (χ4n) is 1.92. The Bertz CT molecular complexity index is 512. The first-order valence-electron chi connectivity index (χ1n) is 6.61. The molecule has 1 aromatic rings. The third-order valence-corrected chi connectivity index (χ3v) is 4.35. The maximum Gasteiger partial charge on any atom is 0.322 e. The van der Waals surface area contributed by atoms with E-state index in [1.807, 2.05) is 12.1 Å². The highest BCUT2D eigenvalue weighted by Gasteiger charge is 2.17. The molecule has 0 spiro atoms. The third-order valence-electron chi connectivity index (χ3n) is 3.00.